The van der Waals surface area contributed by atoms with Gasteiger partial charge in [-0.15, -0.1) is 0 Å². The van der Waals surface area contributed by atoms with Crippen molar-refractivity contribution in [3.63, 3.8) is 0 Å². The van der Waals surface area contributed by atoms with Gasteiger partial charge in [0.25, 0.3) is 0 Å². The Morgan fingerprint density at radius 1 is 0.857 bits per heavy atom. The van der Waals surface area contributed by atoms with Gasteiger partial charge in [0.1, 0.15) is 0 Å². The highest BCUT2D eigenvalue weighted by Crippen LogP contribution is 2.22. The van der Waals surface area contributed by atoms with E-state index in [4.69, 9.17) is 0 Å². The maximum Gasteiger partial charge on any atom is 0.365 e. The van der Waals surface area contributed by atoms with Gasteiger partial charge in [0.2, 0.25) is 0 Å². The molecule has 1 N–H and O–H groups in total. The predicted molar refractivity (Wildman–Crippen MR) is 90.5 cm³/mol. The Morgan fingerprint density at radius 2 is 1.24 bits per heavy atom. The number of rotatable bonds is 13. The summed E-state index contributed by atoms with van der Waals surface area (Å²) in [6, 6.07) is 0. The number of hydrogen-bond donors (Lipinski definition) is 1. The van der Waals surface area contributed by atoms with Gasteiger partial charge >= 0.3 is 5.97 Å². The van der Waals surface area contributed by atoms with Crippen molar-refractivity contribution < 1.29 is 14.4 Å². The van der Waals surface area contributed by atoms with E-state index in [0.29, 0.717) is 4.48 Å². The second-order valence-electron chi connectivity index (χ2n) is 7.45. The van der Waals surface area contributed by atoms with Crippen LogP contribution in [0.15, 0.2) is 0 Å². The van der Waals surface area contributed by atoms with Crippen molar-refractivity contribution in [3.05, 3.63) is 0 Å². The van der Waals surface area contributed by atoms with Crippen LogP contribution >= 0.6 is 0 Å². The molecule has 0 aliphatic carbocycles. The number of carboxylic acid groups (broad SMARTS) is 1. The molecule has 0 aromatic carbocycles. The number of nitrogens with zero attached hydrogens (tertiary/aromatic N) is 1. The third kappa shape index (κ3) is 7.85. The third-order valence-corrected chi connectivity index (χ3v) is 5.11. The van der Waals surface area contributed by atoms with E-state index in [1.807, 2.05) is 27.9 Å². The maximum absolute atomic E-state index is 11.3. The fourth-order valence-corrected chi connectivity index (χ4v) is 2.53. The third-order valence-electron chi connectivity index (χ3n) is 5.11. The number of likely N-dealkylation sites (N-methyl/N-ethyl adjacent to an activating group) is 1. The lowest BCUT2D eigenvalue weighted by Gasteiger charge is -2.41. The molecule has 3 nitrogen and oxygen atoms in total. The molecule has 0 bridgehead atoms. The van der Waals surface area contributed by atoms with Gasteiger partial charge in [0.05, 0.1) is 20.6 Å². The van der Waals surface area contributed by atoms with E-state index in [0.717, 1.165) is 13.0 Å². The summed E-state index contributed by atoms with van der Waals surface area (Å²) in [5.74, 6) is -0.709. The number of quaternary nitrogens is 1. The van der Waals surface area contributed by atoms with Crippen molar-refractivity contribution in [2.24, 2.45) is 0 Å². The standard InChI is InChI=1S/C18H37NO2/c1-6-7-8-9-10-11-12-13-14-15-16-19(4,5)18(2,3)17(20)21/h6-16H2,1-5H3/p+1. The van der Waals surface area contributed by atoms with Crippen LogP contribution in [0.25, 0.3) is 0 Å². The normalized spacial score (nSPS) is 12.6. The molecule has 0 amide bonds. The first-order valence-corrected chi connectivity index (χ1v) is 8.82. The first kappa shape index (κ1) is 20.4. The average Bonchev–Trinajstić information content (AvgIpc) is 2.40. The molecule has 0 aliphatic rings. The number of carboxylic acids is 1. The minimum Gasteiger partial charge on any atom is -0.477 e. The van der Waals surface area contributed by atoms with Gasteiger partial charge in [0.15, 0.2) is 5.54 Å². The van der Waals surface area contributed by atoms with Crippen LogP contribution < -0.4 is 0 Å². The molecule has 0 aromatic heterocycles. The Hall–Kier alpha value is -0.570. The van der Waals surface area contributed by atoms with Gasteiger partial charge < -0.3 is 9.59 Å². The van der Waals surface area contributed by atoms with Crippen molar-refractivity contribution in [1.29, 1.82) is 0 Å². The molecule has 0 saturated heterocycles. The number of hydrogen-bond acceptors (Lipinski definition) is 1. The fourth-order valence-electron chi connectivity index (χ4n) is 2.53. The second-order valence-corrected chi connectivity index (χ2v) is 7.45. The summed E-state index contributed by atoms with van der Waals surface area (Å²) < 4.78 is 0.555. The predicted octanol–water partition coefficient (Wildman–Crippen LogP) is 4.85. The van der Waals surface area contributed by atoms with Crippen LogP contribution in [0.4, 0.5) is 0 Å². The summed E-state index contributed by atoms with van der Waals surface area (Å²) >= 11 is 0. The van der Waals surface area contributed by atoms with Crippen molar-refractivity contribution in [2.75, 3.05) is 20.6 Å². The molecule has 0 heterocycles. The average molecular weight is 301 g/mol. The summed E-state index contributed by atoms with van der Waals surface area (Å²) in [6.07, 6.45) is 13.2. The van der Waals surface area contributed by atoms with E-state index >= 15 is 0 Å². The number of unbranched alkanes of at least 4 members (excludes halogenated alkanes) is 9. The molecule has 3 heteroatoms. The topological polar surface area (TPSA) is 37.3 Å². The van der Waals surface area contributed by atoms with E-state index in [1.165, 1.54) is 57.8 Å². The Bertz CT molecular complexity index is 285. The van der Waals surface area contributed by atoms with Crippen LogP contribution in [0.1, 0.15) is 85.0 Å². The molecule has 0 atom stereocenters. The zero-order chi connectivity index (χ0) is 16.4. The molecule has 0 spiro atoms. The number of carbonyl (C=O) groups is 1. The summed E-state index contributed by atoms with van der Waals surface area (Å²) in [4.78, 5) is 11.3. The Morgan fingerprint density at radius 3 is 1.62 bits per heavy atom. The molecule has 0 radical (unpaired) electrons. The lowest BCUT2D eigenvalue weighted by Crippen LogP contribution is -2.60. The van der Waals surface area contributed by atoms with E-state index in [1.54, 1.807) is 0 Å². The largest absolute Gasteiger partial charge is 0.477 e. The molecular weight excluding hydrogens is 262 g/mol. The maximum atomic E-state index is 11.3. The van der Waals surface area contributed by atoms with Gasteiger partial charge in [0, 0.05) is 13.8 Å². The van der Waals surface area contributed by atoms with Gasteiger partial charge in [-0.1, -0.05) is 58.3 Å². The van der Waals surface area contributed by atoms with Crippen LogP contribution in [-0.2, 0) is 4.79 Å². The van der Waals surface area contributed by atoms with Crippen molar-refractivity contribution >= 4 is 5.97 Å². The van der Waals surface area contributed by atoms with Crippen molar-refractivity contribution in [3.8, 4) is 0 Å². The van der Waals surface area contributed by atoms with Crippen molar-refractivity contribution in [1.82, 2.24) is 0 Å². The zero-order valence-corrected chi connectivity index (χ0v) is 15.1. The zero-order valence-electron chi connectivity index (χ0n) is 15.1. The van der Waals surface area contributed by atoms with Gasteiger partial charge in [-0.25, -0.2) is 4.79 Å². The molecule has 0 fully saturated rings. The Kier molecular flexibility index (Phi) is 9.93. The first-order valence-electron chi connectivity index (χ1n) is 8.82. The van der Waals surface area contributed by atoms with Gasteiger partial charge in [-0.05, 0) is 12.8 Å². The monoisotopic (exact) mass is 300 g/mol. The molecule has 21 heavy (non-hydrogen) atoms. The molecule has 0 saturated carbocycles. The lowest BCUT2D eigenvalue weighted by molar-refractivity contribution is -0.928. The highest BCUT2D eigenvalue weighted by Gasteiger charge is 2.43. The first-order chi connectivity index (χ1) is 9.75. The van der Waals surface area contributed by atoms with Crippen LogP contribution in [-0.4, -0.2) is 41.7 Å². The van der Waals surface area contributed by atoms with E-state index in [2.05, 4.69) is 6.92 Å². The summed E-state index contributed by atoms with van der Waals surface area (Å²) in [7, 11) is 4.06. The smallest absolute Gasteiger partial charge is 0.365 e. The molecular formula is C18H38NO2+. The minimum absolute atomic E-state index is 0.555. The van der Waals surface area contributed by atoms with Gasteiger partial charge in [-0.2, -0.15) is 0 Å². The molecule has 0 rings (SSSR count). The van der Waals surface area contributed by atoms with Crippen LogP contribution in [0.5, 0.6) is 0 Å². The van der Waals surface area contributed by atoms with Crippen LogP contribution in [0.3, 0.4) is 0 Å². The highest BCUT2D eigenvalue weighted by molar-refractivity contribution is 5.76. The Labute approximate surface area is 132 Å². The summed E-state index contributed by atoms with van der Waals surface area (Å²) in [5, 5.41) is 9.32. The lowest BCUT2D eigenvalue weighted by atomic mass is 9.99. The molecule has 0 unspecified atom stereocenters. The van der Waals surface area contributed by atoms with Crippen LogP contribution in [0.2, 0.25) is 0 Å². The summed E-state index contributed by atoms with van der Waals surface area (Å²) in [6.45, 7) is 6.85. The van der Waals surface area contributed by atoms with Crippen LogP contribution in [0, 0.1) is 0 Å². The summed E-state index contributed by atoms with van der Waals surface area (Å²) in [5.41, 5.74) is -0.709. The van der Waals surface area contributed by atoms with E-state index in [9.17, 15) is 9.90 Å². The SMILES string of the molecule is CCCCCCCCCCCC[N+](C)(C)C(C)(C)C(=O)O. The fraction of sp³-hybridized carbons (Fsp3) is 0.944. The quantitative estimate of drug-likeness (QED) is 0.390. The second kappa shape index (κ2) is 10.2. The van der Waals surface area contributed by atoms with E-state index in [-0.39, 0.29) is 0 Å². The molecule has 0 aromatic rings. The minimum atomic E-state index is -0.709. The number of aliphatic carboxylic acids is 1. The van der Waals surface area contributed by atoms with E-state index < -0.39 is 11.5 Å². The van der Waals surface area contributed by atoms with Crippen molar-refractivity contribution in [2.45, 2.75) is 90.5 Å². The Balaban J connectivity index is 3.65. The molecule has 126 valence electrons. The molecule has 0 aliphatic heterocycles. The van der Waals surface area contributed by atoms with Gasteiger partial charge in [-0.3, -0.25) is 0 Å². The highest BCUT2D eigenvalue weighted by atomic mass is 16.4.